The Labute approximate surface area is 143 Å². The molecule has 1 aromatic rings. The third-order valence-corrected chi connectivity index (χ3v) is 4.69. The number of fused-ring (bicyclic) bond motifs is 1. The highest BCUT2D eigenvalue weighted by atomic mass is 16.5. The summed E-state index contributed by atoms with van der Waals surface area (Å²) in [4.78, 5) is 23.1. The molecule has 7 heteroatoms. The number of amides is 1. The van der Waals surface area contributed by atoms with Gasteiger partial charge in [0.25, 0.3) is 0 Å². The maximum atomic E-state index is 12.4. The summed E-state index contributed by atoms with van der Waals surface area (Å²) >= 11 is 0. The van der Waals surface area contributed by atoms with Crippen LogP contribution in [0.1, 0.15) is 38.7 Å². The fourth-order valence-corrected chi connectivity index (χ4v) is 3.17. The first-order chi connectivity index (χ1) is 11.5. The van der Waals surface area contributed by atoms with Crippen LogP contribution < -0.4 is 16.0 Å². The zero-order chi connectivity index (χ0) is 17.1. The van der Waals surface area contributed by atoms with E-state index in [0.29, 0.717) is 42.4 Å². The van der Waals surface area contributed by atoms with Crippen LogP contribution in [-0.4, -0.2) is 42.2 Å². The Bertz CT molecular complexity index is 599. The lowest BCUT2D eigenvalue weighted by molar-refractivity contribution is -0.117. The lowest BCUT2D eigenvalue weighted by Gasteiger charge is -2.27. The zero-order valence-corrected chi connectivity index (χ0v) is 14.5. The van der Waals surface area contributed by atoms with Crippen molar-refractivity contribution in [2.45, 2.75) is 39.5 Å². The standard InChI is InChI=1S/C17H27N5O2/c1-11(2)3-6-19-17-20-15(18)13-9-14(23)22(16(13)21-17)10-12-4-7-24-8-5-12/h11-12H,3-10H2,1-2H3,(H3,18,19,20,21). The monoisotopic (exact) mass is 333 g/mol. The van der Waals surface area contributed by atoms with Gasteiger partial charge in [-0.25, -0.2) is 0 Å². The number of hydrogen-bond acceptors (Lipinski definition) is 6. The number of nitrogens with one attached hydrogen (secondary N) is 1. The van der Waals surface area contributed by atoms with Gasteiger partial charge in [-0.15, -0.1) is 0 Å². The molecular weight excluding hydrogens is 306 g/mol. The van der Waals surface area contributed by atoms with Crippen molar-refractivity contribution in [1.82, 2.24) is 9.97 Å². The summed E-state index contributed by atoms with van der Waals surface area (Å²) in [7, 11) is 0. The maximum Gasteiger partial charge on any atom is 0.232 e. The van der Waals surface area contributed by atoms with Crippen LogP contribution in [0.15, 0.2) is 0 Å². The predicted octanol–water partition coefficient (Wildman–Crippen LogP) is 1.83. The van der Waals surface area contributed by atoms with E-state index in [-0.39, 0.29) is 5.91 Å². The van der Waals surface area contributed by atoms with Crippen LogP contribution in [0, 0.1) is 11.8 Å². The largest absolute Gasteiger partial charge is 0.383 e. The van der Waals surface area contributed by atoms with Gasteiger partial charge in [0.15, 0.2) is 0 Å². The smallest absolute Gasteiger partial charge is 0.232 e. The van der Waals surface area contributed by atoms with Crippen molar-refractivity contribution in [3.63, 3.8) is 0 Å². The van der Waals surface area contributed by atoms with Crippen molar-refractivity contribution in [1.29, 1.82) is 0 Å². The molecule has 3 heterocycles. The molecule has 3 N–H and O–H groups in total. The molecule has 1 fully saturated rings. The number of carbonyl (C=O) groups excluding carboxylic acids is 1. The van der Waals surface area contributed by atoms with Crippen LogP contribution in [0.2, 0.25) is 0 Å². The van der Waals surface area contributed by atoms with E-state index in [1.165, 1.54) is 0 Å². The SMILES string of the molecule is CC(C)CCNc1nc(N)c2c(n1)N(CC1CCOCC1)C(=O)C2. The number of nitrogen functional groups attached to an aromatic ring is 1. The van der Waals surface area contributed by atoms with Gasteiger partial charge in [-0.3, -0.25) is 9.69 Å². The van der Waals surface area contributed by atoms with Gasteiger partial charge in [0, 0.05) is 31.9 Å². The molecular formula is C17H27N5O2. The lowest BCUT2D eigenvalue weighted by Crippen LogP contribution is -2.35. The first kappa shape index (κ1) is 17.0. The van der Waals surface area contributed by atoms with E-state index in [4.69, 9.17) is 10.5 Å². The summed E-state index contributed by atoms with van der Waals surface area (Å²) in [6.07, 6.45) is 3.31. The quantitative estimate of drug-likeness (QED) is 0.825. The van der Waals surface area contributed by atoms with Crippen molar-refractivity contribution in [3.8, 4) is 0 Å². The molecule has 2 aliphatic heterocycles. The molecule has 1 aromatic heterocycles. The van der Waals surface area contributed by atoms with Gasteiger partial charge < -0.3 is 15.8 Å². The Kier molecular flexibility index (Phi) is 5.18. The molecule has 0 spiro atoms. The van der Waals surface area contributed by atoms with E-state index in [9.17, 15) is 4.79 Å². The number of hydrogen-bond donors (Lipinski definition) is 2. The van der Waals surface area contributed by atoms with E-state index < -0.39 is 0 Å². The topological polar surface area (TPSA) is 93.4 Å². The summed E-state index contributed by atoms with van der Waals surface area (Å²) in [5.41, 5.74) is 6.84. The summed E-state index contributed by atoms with van der Waals surface area (Å²) in [6.45, 7) is 7.38. The molecule has 0 unspecified atom stereocenters. The minimum atomic E-state index is 0.0665. The molecule has 0 bridgehead atoms. The van der Waals surface area contributed by atoms with E-state index in [0.717, 1.165) is 44.6 Å². The number of nitrogens with zero attached hydrogens (tertiary/aromatic N) is 3. The van der Waals surface area contributed by atoms with Crippen LogP contribution in [0.25, 0.3) is 0 Å². The fourth-order valence-electron chi connectivity index (χ4n) is 3.17. The van der Waals surface area contributed by atoms with Crippen molar-refractivity contribution in [3.05, 3.63) is 5.56 Å². The number of anilines is 3. The first-order valence-electron chi connectivity index (χ1n) is 8.83. The molecule has 0 radical (unpaired) electrons. The molecule has 7 nitrogen and oxygen atoms in total. The second-order valence-corrected chi connectivity index (χ2v) is 7.08. The number of rotatable bonds is 6. The Morgan fingerprint density at radius 3 is 2.79 bits per heavy atom. The van der Waals surface area contributed by atoms with Crippen molar-refractivity contribution in [2.75, 3.05) is 42.3 Å². The van der Waals surface area contributed by atoms with Crippen LogP contribution >= 0.6 is 0 Å². The van der Waals surface area contributed by atoms with Crippen molar-refractivity contribution >= 4 is 23.5 Å². The van der Waals surface area contributed by atoms with Crippen molar-refractivity contribution in [2.24, 2.45) is 11.8 Å². The third kappa shape index (κ3) is 3.77. The van der Waals surface area contributed by atoms with Gasteiger partial charge in [-0.05, 0) is 31.1 Å². The highest BCUT2D eigenvalue weighted by Crippen LogP contribution is 2.33. The third-order valence-electron chi connectivity index (χ3n) is 4.69. The van der Waals surface area contributed by atoms with Gasteiger partial charge in [0.2, 0.25) is 11.9 Å². The Morgan fingerprint density at radius 2 is 2.08 bits per heavy atom. The number of ether oxygens (including phenoxy) is 1. The number of carbonyl (C=O) groups is 1. The van der Waals surface area contributed by atoms with Gasteiger partial charge in [-0.1, -0.05) is 13.8 Å². The van der Waals surface area contributed by atoms with Gasteiger partial charge in [0.1, 0.15) is 11.6 Å². The minimum absolute atomic E-state index is 0.0665. The molecule has 0 aromatic carbocycles. The molecule has 132 valence electrons. The lowest BCUT2D eigenvalue weighted by atomic mass is 10.00. The Balaban J connectivity index is 1.74. The van der Waals surface area contributed by atoms with E-state index >= 15 is 0 Å². The van der Waals surface area contributed by atoms with Crippen LogP contribution in [-0.2, 0) is 16.0 Å². The normalized spacial score (nSPS) is 18.3. The maximum absolute atomic E-state index is 12.4. The van der Waals surface area contributed by atoms with Crippen molar-refractivity contribution < 1.29 is 9.53 Å². The second kappa shape index (κ2) is 7.34. The van der Waals surface area contributed by atoms with E-state index in [1.807, 2.05) is 0 Å². The second-order valence-electron chi connectivity index (χ2n) is 7.08. The first-order valence-corrected chi connectivity index (χ1v) is 8.83. The molecule has 2 aliphatic rings. The molecule has 0 atom stereocenters. The van der Waals surface area contributed by atoms with Gasteiger partial charge in [-0.2, -0.15) is 9.97 Å². The van der Waals surface area contributed by atoms with Crippen LogP contribution in [0.4, 0.5) is 17.6 Å². The minimum Gasteiger partial charge on any atom is -0.383 e. The molecule has 3 rings (SSSR count). The summed E-state index contributed by atoms with van der Waals surface area (Å²) in [6, 6.07) is 0. The average Bonchev–Trinajstić information content (AvgIpc) is 2.85. The molecule has 1 amide bonds. The van der Waals surface area contributed by atoms with Crippen LogP contribution in [0.5, 0.6) is 0 Å². The van der Waals surface area contributed by atoms with Gasteiger partial charge >= 0.3 is 0 Å². The summed E-state index contributed by atoms with van der Waals surface area (Å²) in [5.74, 6) is 2.74. The Morgan fingerprint density at radius 1 is 1.33 bits per heavy atom. The predicted molar refractivity (Wildman–Crippen MR) is 94.0 cm³/mol. The highest BCUT2D eigenvalue weighted by Gasteiger charge is 2.33. The molecule has 24 heavy (non-hydrogen) atoms. The summed E-state index contributed by atoms with van der Waals surface area (Å²) < 4.78 is 5.40. The van der Waals surface area contributed by atoms with E-state index in [1.54, 1.807) is 4.90 Å². The average molecular weight is 333 g/mol. The molecule has 0 saturated carbocycles. The zero-order valence-electron chi connectivity index (χ0n) is 14.5. The fraction of sp³-hybridized carbons (Fsp3) is 0.706. The Hall–Kier alpha value is -1.89. The molecule has 1 saturated heterocycles. The summed E-state index contributed by atoms with van der Waals surface area (Å²) in [5, 5.41) is 3.23. The number of nitrogens with two attached hydrogens (primary N) is 1. The number of aromatic nitrogens is 2. The van der Waals surface area contributed by atoms with Gasteiger partial charge in [0.05, 0.1) is 6.42 Å². The molecule has 0 aliphatic carbocycles. The van der Waals surface area contributed by atoms with E-state index in [2.05, 4.69) is 29.1 Å². The van der Waals surface area contributed by atoms with Crippen LogP contribution in [0.3, 0.4) is 0 Å². The highest BCUT2D eigenvalue weighted by molar-refractivity contribution is 6.01.